The first-order chi connectivity index (χ1) is 8.47. The molecule has 0 radical (unpaired) electrons. The average molecular weight is 260 g/mol. The van der Waals surface area contributed by atoms with Crippen LogP contribution in [0.2, 0.25) is 0 Å². The van der Waals surface area contributed by atoms with Gasteiger partial charge in [-0.1, -0.05) is 30.3 Å². The van der Waals surface area contributed by atoms with E-state index in [1.807, 2.05) is 35.7 Å². The zero-order valence-electron chi connectivity index (χ0n) is 10.5. The third kappa shape index (κ3) is 3.03. The van der Waals surface area contributed by atoms with E-state index in [9.17, 15) is 4.79 Å². The van der Waals surface area contributed by atoms with Gasteiger partial charge in [-0.2, -0.15) is 0 Å². The minimum atomic E-state index is -0.793. The summed E-state index contributed by atoms with van der Waals surface area (Å²) < 4.78 is 0. The van der Waals surface area contributed by atoms with Gasteiger partial charge in [-0.25, -0.2) is 4.98 Å². The molecule has 2 N–H and O–H groups in total. The van der Waals surface area contributed by atoms with Crippen molar-refractivity contribution >= 4 is 17.1 Å². The number of nitrogens with two attached hydrogens (primary N) is 1. The Morgan fingerprint density at radius 2 is 2.00 bits per heavy atom. The molecular weight excluding hydrogens is 244 g/mol. The minimum Gasteiger partial charge on any atom is -0.319 e. The average Bonchev–Trinajstić information content (AvgIpc) is 2.77. The van der Waals surface area contributed by atoms with Crippen LogP contribution in [0, 0.1) is 0 Å². The van der Waals surface area contributed by atoms with Gasteiger partial charge >= 0.3 is 0 Å². The summed E-state index contributed by atoms with van der Waals surface area (Å²) in [4.78, 5) is 16.3. The number of thiazole rings is 1. The van der Waals surface area contributed by atoms with Crippen LogP contribution in [-0.4, -0.2) is 16.3 Å². The molecule has 0 saturated heterocycles. The minimum absolute atomic E-state index is 0.0106. The summed E-state index contributed by atoms with van der Waals surface area (Å²) in [6, 6.07) is 9.93. The van der Waals surface area contributed by atoms with Gasteiger partial charge in [0.25, 0.3) is 0 Å². The fraction of sp³-hybridized carbons (Fsp3) is 0.286. The van der Waals surface area contributed by atoms with Gasteiger partial charge < -0.3 is 5.73 Å². The molecule has 0 unspecified atom stereocenters. The highest BCUT2D eigenvalue weighted by Gasteiger charge is 2.22. The molecular formula is C14H16N2OS. The topological polar surface area (TPSA) is 56.0 Å². The fourth-order valence-corrected chi connectivity index (χ4v) is 2.30. The number of carbonyl (C=O) groups is 1. The second-order valence-electron chi connectivity index (χ2n) is 4.81. The highest BCUT2D eigenvalue weighted by Crippen LogP contribution is 2.22. The van der Waals surface area contributed by atoms with Crippen LogP contribution in [0.1, 0.15) is 18.9 Å². The van der Waals surface area contributed by atoms with Gasteiger partial charge in [-0.3, -0.25) is 4.79 Å². The number of benzene rings is 1. The molecule has 1 aromatic heterocycles. The smallest absolute Gasteiger partial charge is 0.158 e. The normalized spacial score (nSPS) is 11.5. The number of rotatable bonds is 4. The molecule has 0 amide bonds. The third-order valence-corrected chi connectivity index (χ3v) is 3.50. The largest absolute Gasteiger partial charge is 0.319 e. The summed E-state index contributed by atoms with van der Waals surface area (Å²) in [6.07, 6.45) is 0.307. The predicted octanol–water partition coefficient (Wildman–Crippen LogP) is 2.66. The van der Waals surface area contributed by atoms with Gasteiger partial charge in [0.2, 0.25) is 0 Å². The molecule has 3 nitrogen and oxygen atoms in total. The number of aromatic nitrogens is 1. The SMILES string of the molecule is CC(C)(N)C(=O)Cc1nc(-c2ccccc2)cs1. The summed E-state index contributed by atoms with van der Waals surface area (Å²) in [5.41, 5.74) is 6.96. The van der Waals surface area contributed by atoms with Crippen LogP contribution in [0.4, 0.5) is 0 Å². The molecule has 0 bridgehead atoms. The molecule has 1 heterocycles. The second-order valence-corrected chi connectivity index (χ2v) is 5.76. The van der Waals surface area contributed by atoms with Crippen molar-refractivity contribution in [3.05, 3.63) is 40.7 Å². The number of carbonyl (C=O) groups excluding carboxylic acids is 1. The number of Topliss-reactive ketones (excluding diaryl/α,β-unsaturated/α-hetero) is 1. The van der Waals surface area contributed by atoms with Gasteiger partial charge in [0.05, 0.1) is 17.7 Å². The highest BCUT2D eigenvalue weighted by atomic mass is 32.1. The molecule has 18 heavy (non-hydrogen) atoms. The van der Waals surface area contributed by atoms with Crippen LogP contribution < -0.4 is 5.73 Å². The monoisotopic (exact) mass is 260 g/mol. The Balaban J connectivity index is 2.15. The zero-order chi connectivity index (χ0) is 13.2. The van der Waals surface area contributed by atoms with Gasteiger partial charge in [0, 0.05) is 10.9 Å². The van der Waals surface area contributed by atoms with Gasteiger partial charge in [-0.15, -0.1) is 11.3 Å². The summed E-state index contributed by atoms with van der Waals surface area (Å²) >= 11 is 1.50. The van der Waals surface area contributed by atoms with Gasteiger partial charge in [0.15, 0.2) is 5.78 Å². The van der Waals surface area contributed by atoms with Gasteiger partial charge in [0.1, 0.15) is 5.01 Å². The van der Waals surface area contributed by atoms with Crippen molar-refractivity contribution in [3.63, 3.8) is 0 Å². The number of hydrogen-bond acceptors (Lipinski definition) is 4. The highest BCUT2D eigenvalue weighted by molar-refractivity contribution is 7.10. The van der Waals surface area contributed by atoms with Crippen molar-refractivity contribution in [1.29, 1.82) is 0 Å². The second kappa shape index (κ2) is 5.00. The lowest BCUT2D eigenvalue weighted by Gasteiger charge is -2.15. The Morgan fingerprint density at radius 3 is 2.61 bits per heavy atom. The maximum Gasteiger partial charge on any atom is 0.158 e. The fourth-order valence-electron chi connectivity index (χ4n) is 1.50. The molecule has 4 heteroatoms. The Morgan fingerprint density at radius 1 is 1.33 bits per heavy atom. The summed E-state index contributed by atoms with van der Waals surface area (Å²) in [6.45, 7) is 3.45. The van der Waals surface area contributed by atoms with Crippen LogP contribution in [-0.2, 0) is 11.2 Å². The lowest BCUT2D eigenvalue weighted by molar-refractivity contribution is -0.122. The van der Waals surface area contributed by atoms with Crippen LogP contribution in [0.3, 0.4) is 0 Å². The molecule has 0 spiro atoms. The Labute approximate surface area is 111 Å². The standard InChI is InChI=1S/C14H16N2OS/c1-14(2,15)12(17)8-13-16-11(9-18-13)10-6-4-3-5-7-10/h3-7,9H,8,15H2,1-2H3. The van der Waals surface area contributed by atoms with E-state index in [4.69, 9.17) is 5.73 Å². The third-order valence-electron chi connectivity index (χ3n) is 2.65. The van der Waals surface area contributed by atoms with Crippen molar-refractivity contribution in [3.8, 4) is 11.3 Å². The van der Waals surface area contributed by atoms with E-state index in [1.165, 1.54) is 11.3 Å². The van der Waals surface area contributed by atoms with E-state index < -0.39 is 5.54 Å². The van der Waals surface area contributed by atoms with Gasteiger partial charge in [-0.05, 0) is 13.8 Å². The number of ketones is 1. The maximum atomic E-state index is 11.8. The first-order valence-corrected chi connectivity index (χ1v) is 6.67. The number of nitrogens with zero attached hydrogens (tertiary/aromatic N) is 1. The van der Waals surface area contributed by atoms with E-state index in [1.54, 1.807) is 13.8 Å². The maximum absolute atomic E-state index is 11.8. The van der Waals surface area contributed by atoms with Crippen LogP contribution >= 0.6 is 11.3 Å². The van der Waals surface area contributed by atoms with E-state index in [0.717, 1.165) is 16.3 Å². The van der Waals surface area contributed by atoms with Crippen molar-refractivity contribution in [2.75, 3.05) is 0 Å². The molecule has 1 aromatic carbocycles. The summed E-state index contributed by atoms with van der Waals surface area (Å²) in [7, 11) is 0. The first-order valence-electron chi connectivity index (χ1n) is 5.79. The van der Waals surface area contributed by atoms with Crippen molar-refractivity contribution < 1.29 is 4.79 Å². The quantitative estimate of drug-likeness (QED) is 0.919. The molecule has 0 aliphatic carbocycles. The lowest BCUT2D eigenvalue weighted by atomic mass is 9.99. The van der Waals surface area contributed by atoms with Crippen molar-refractivity contribution in [2.24, 2.45) is 5.73 Å². The Hall–Kier alpha value is -1.52. The Bertz CT molecular complexity index is 540. The lowest BCUT2D eigenvalue weighted by Crippen LogP contribution is -2.42. The van der Waals surface area contributed by atoms with E-state index >= 15 is 0 Å². The van der Waals surface area contributed by atoms with E-state index in [2.05, 4.69) is 4.98 Å². The number of hydrogen-bond donors (Lipinski definition) is 1. The molecule has 2 rings (SSSR count). The van der Waals surface area contributed by atoms with E-state index in [0.29, 0.717) is 6.42 Å². The molecule has 0 aliphatic rings. The van der Waals surface area contributed by atoms with E-state index in [-0.39, 0.29) is 5.78 Å². The molecule has 2 aromatic rings. The first kappa shape index (κ1) is 12.9. The molecule has 0 atom stereocenters. The Kier molecular flexibility index (Phi) is 3.59. The summed E-state index contributed by atoms with van der Waals surface area (Å²) in [5.74, 6) is 0.0106. The predicted molar refractivity (Wildman–Crippen MR) is 74.5 cm³/mol. The van der Waals surface area contributed by atoms with Crippen molar-refractivity contribution in [1.82, 2.24) is 4.98 Å². The molecule has 94 valence electrons. The molecule has 0 aliphatic heterocycles. The van der Waals surface area contributed by atoms with Crippen LogP contribution in [0.15, 0.2) is 35.7 Å². The van der Waals surface area contributed by atoms with Crippen molar-refractivity contribution in [2.45, 2.75) is 25.8 Å². The zero-order valence-corrected chi connectivity index (χ0v) is 11.3. The summed E-state index contributed by atoms with van der Waals surface area (Å²) in [5, 5.41) is 2.79. The molecule has 0 fully saturated rings. The van der Waals surface area contributed by atoms with Crippen LogP contribution in [0.25, 0.3) is 11.3 Å². The molecule has 0 saturated carbocycles. The van der Waals surface area contributed by atoms with Crippen LogP contribution in [0.5, 0.6) is 0 Å².